The Bertz CT molecular complexity index is 675. The lowest BCUT2D eigenvalue weighted by atomic mass is 10.1. The van der Waals surface area contributed by atoms with Crippen LogP contribution in [-0.2, 0) is 17.8 Å². The van der Waals surface area contributed by atoms with Gasteiger partial charge in [-0.3, -0.25) is 14.8 Å². The van der Waals surface area contributed by atoms with Crippen LogP contribution in [-0.4, -0.2) is 40.0 Å². The Balaban J connectivity index is 1.59. The Morgan fingerprint density at radius 3 is 3.08 bits per heavy atom. The van der Waals surface area contributed by atoms with Gasteiger partial charge >= 0.3 is 0 Å². The normalized spacial score (nSPS) is 17.7. The molecule has 1 saturated heterocycles. The maximum absolute atomic E-state index is 12.7. The zero-order valence-electron chi connectivity index (χ0n) is 14.0. The fourth-order valence-electron chi connectivity index (χ4n) is 2.94. The molecule has 0 aromatic carbocycles. The second kappa shape index (κ2) is 8.02. The summed E-state index contributed by atoms with van der Waals surface area (Å²) in [6, 6.07) is 7.59. The average molecular weight is 325 g/mol. The zero-order valence-corrected chi connectivity index (χ0v) is 14.0. The minimum atomic E-state index is 0.0711. The second-order valence-electron chi connectivity index (χ2n) is 6.08. The summed E-state index contributed by atoms with van der Waals surface area (Å²) in [5.74, 6) is 0.0711. The highest BCUT2D eigenvalue weighted by Crippen LogP contribution is 2.17. The van der Waals surface area contributed by atoms with E-state index in [1.54, 1.807) is 18.5 Å². The third-order valence-electron chi connectivity index (χ3n) is 4.30. The highest BCUT2D eigenvalue weighted by atomic mass is 16.5. The van der Waals surface area contributed by atoms with Crippen molar-refractivity contribution in [3.8, 4) is 0 Å². The van der Waals surface area contributed by atoms with Crippen molar-refractivity contribution in [3.05, 3.63) is 59.7 Å². The van der Waals surface area contributed by atoms with Gasteiger partial charge in [0.1, 0.15) is 0 Å². The van der Waals surface area contributed by atoms with Crippen molar-refractivity contribution in [2.75, 3.05) is 13.1 Å². The molecule has 126 valence electrons. The van der Waals surface area contributed by atoms with Crippen LogP contribution in [0.2, 0.25) is 0 Å². The lowest BCUT2D eigenvalue weighted by Gasteiger charge is -2.32. The Kier molecular flexibility index (Phi) is 5.54. The number of pyridine rings is 2. The number of hydrogen-bond donors (Lipinski definition) is 0. The molecule has 0 N–H and O–H groups in total. The van der Waals surface area contributed by atoms with E-state index < -0.39 is 0 Å². The van der Waals surface area contributed by atoms with Gasteiger partial charge in [0, 0.05) is 42.9 Å². The fraction of sp³-hybridized carbons (Fsp3) is 0.421. The van der Waals surface area contributed by atoms with Crippen LogP contribution in [0.1, 0.15) is 41.4 Å². The summed E-state index contributed by atoms with van der Waals surface area (Å²) in [6.07, 6.45) is 8.15. The number of amides is 1. The highest BCUT2D eigenvalue weighted by molar-refractivity contribution is 5.94. The molecular formula is C19H23N3O2. The number of ether oxygens (including phenoxy) is 1. The summed E-state index contributed by atoms with van der Waals surface area (Å²) in [4.78, 5) is 23.0. The van der Waals surface area contributed by atoms with Crippen LogP contribution in [0.5, 0.6) is 0 Å². The van der Waals surface area contributed by atoms with E-state index in [2.05, 4.69) is 9.97 Å². The van der Waals surface area contributed by atoms with Crippen LogP contribution in [0.3, 0.4) is 0 Å². The summed E-state index contributed by atoms with van der Waals surface area (Å²) in [5.41, 5.74) is 2.72. The van der Waals surface area contributed by atoms with Gasteiger partial charge in [-0.1, -0.05) is 13.0 Å². The fourth-order valence-corrected chi connectivity index (χ4v) is 2.94. The lowest BCUT2D eigenvalue weighted by molar-refractivity contribution is -0.00681. The smallest absolute Gasteiger partial charge is 0.254 e. The number of aryl methyl sites for hydroxylation is 1. The van der Waals surface area contributed by atoms with E-state index in [1.165, 1.54) is 0 Å². The Hall–Kier alpha value is -2.27. The van der Waals surface area contributed by atoms with Crippen LogP contribution in [0, 0.1) is 0 Å². The molecule has 1 fully saturated rings. The minimum Gasteiger partial charge on any atom is -0.372 e. The number of rotatable bonds is 5. The summed E-state index contributed by atoms with van der Waals surface area (Å²) in [5, 5.41) is 0. The minimum absolute atomic E-state index is 0.0711. The number of aromatic nitrogens is 2. The molecule has 5 nitrogen and oxygen atoms in total. The van der Waals surface area contributed by atoms with Gasteiger partial charge < -0.3 is 9.64 Å². The summed E-state index contributed by atoms with van der Waals surface area (Å²) < 4.78 is 5.98. The Morgan fingerprint density at radius 1 is 1.38 bits per heavy atom. The largest absolute Gasteiger partial charge is 0.372 e. The molecule has 1 atom stereocenters. The van der Waals surface area contributed by atoms with Crippen LogP contribution in [0.4, 0.5) is 0 Å². The molecule has 0 radical (unpaired) electrons. The number of hydrogen-bond acceptors (Lipinski definition) is 4. The van der Waals surface area contributed by atoms with Crippen LogP contribution in [0.15, 0.2) is 42.9 Å². The highest BCUT2D eigenvalue weighted by Gasteiger charge is 2.25. The maximum atomic E-state index is 12.7. The van der Waals surface area contributed by atoms with Gasteiger partial charge in [0.05, 0.1) is 12.7 Å². The van der Waals surface area contributed by atoms with E-state index in [9.17, 15) is 4.79 Å². The van der Waals surface area contributed by atoms with Crippen molar-refractivity contribution in [2.45, 2.75) is 38.9 Å². The molecule has 5 heteroatoms. The van der Waals surface area contributed by atoms with Crippen LogP contribution in [0.25, 0.3) is 0 Å². The molecular weight excluding hydrogens is 302 g/mol. The first-order valence-corrected chi connectivity index (χ1v) is 8.51. The first-order chi connectivity index (χ1) is 11.8. The predicted molar refractivity (Wildman–Crippen MR) is 91.6 cm³/mol. The predicted octanol–water partition coefficient (Wildman–Crippen LogP) is 2.86. The molecule has 0 saturated carbocycles. The Morgan fingerprint density at radius 2 is 2.29 bits per heavy atom. The van der Waals surface area contributed by atoms with E-state index in [0.717, 1.165) is 42.6 Å². The van der Waals surface area contributed by atoms with Gasteiger partial charge in [-0.25, -0.2) is 0 Å². The standard InChI is InChI=1S/C19H23N3O2/c1-2-17-11-16(7-9-21-17)19(23)22-10-4-6-18(13-22)24-14-15-5-3-8-20-12-15/h3,5,7-9,11-12,18H,2,4,6,10,13-14H2,1H3/t18-/m1/s1. The van der Waals surface area contributed by atoms with Gasteiger partial charge in [0.15, 0.2) is 0 Å². The molecule has 1 aliphatic rings. The number of likely N-dealkylation sites (tertiary alicyclic amines) is 1. The lowest BCUT2D eigenvalue weighted by Crippen LogP contribution is -2.43. The molecule has 1 amide bonds. The van der Waals surface area contributed by atoms with Gasteiger partial charge in [-0.2, -0.15) is 0 Å². The topological polar surface area (TPSA) is 55.3 Å². The number of carbonyl (C=O) groups excluding carboxylic acids is 1. The molecule has 2 aromatic heterocycles. The van der Waals surface area contributed by atoms with Crippen molar-refractivity contribution in [3.63, 3.8) is 0 Å². The van der Waals surface area contributed by atoms with E-state index in [-0.39, 0.29) is 12.0 Å². The SMILES string of the molecule is CCc1cc(C(=O)N2CCC[C@@H](OCc3cccnc3)C2)ccn1. The van der Waals surface area contributed by atoms with Crippen molar-refractivity contribution >= 4 is 5.91 Å². The molecule has 1 aliphatic heterocycles. The van der Waals surface area contributed by atoms with Gasteiger partial charge in [0.25, 0.3) is 5.91 Å². The first kappa shape index (κ1) is 16.6. The number of nitrogens with zero attached hydrogens (tertiary/aromatic N) is 3. The first-order valence-electron chi connectivity index (χ1n) is 8.51. The average Bonchev–Trinajstić information content (AvgIpc) is 2.67. The van der Waals surface area contributed by atoms with Crippen molar-refractivity contribution in [1.29, 1.82) is 0 Å². The second-order valence-corrected chi connectivity index (χ2v) is 6.08. The molecule has 0 aliphatic carbocycles. The third-order valence-corrected chi connectivity index (χ3v) is 4.30. The molecule has 0 bridgehead atoms. The van der Waals surface area contributed by atoms with Crippen molar-refractivity contribution in [2.24, 2.45) is 0 Å². The molecule has 2 aromatic rings. The van der Waals surface area contributed by atoms with E-state index in [4.69, 9.17) is 4.74 Å². The molecule has 24 heavy (non-hydrogen) atoms. The van der Waals surface area contributed by atoms with Crippen LogP contribution < -0.4 is 0 Å². The maximum Gasteiger partial charge on any atom is 0.254 e. The zero-order chi connectivity index (χ0) is 16.8. The number of piperidine rings is 1. The summed E-state index contributed by atoms with van der Waals surface area (Å²) in [6.45, 7) is 4.01. The molecule has 3 heterocycles. The van der Waals surface area contributed by atoms with Crippen molar-refractivity contribution < 1.29 is 9.53 Å². The molecule has 0 unspecified atom stereocenters. The van der Waals surface area contributed by atoms with E-state index >= 15 is 0 Å². The molecule has 3 rings (SSSR count). The van der Waals surface area contributed by atoms with Gasteiger partial charge in [-0.05, 0) is 43.0 Å². The summed E-state index contributed by atoms with van der Waals surface area (Å²) >= 11 is 0. The third kappa shape index (κ3) is 4.17. The van der Waals surface area contributed by atoms with E-state index in [1.807, 2.05) is 36.2 Å². The van der Waals surface area contributed by atoms with E-state index in [0.29, 0.717) is 13.2 Å². The van der Waals surface area contributed by atoms with Gasteiger partial charge in [-0.15, -0.1) is 0 Å². The number of carbonyl (C=O) groups is 1. The van der Waals surface area contributed by atoms with Crippen molar-refractivity contribution in [1.82, 2.24) is 14.9 Å². The van der Waals surface area contributed by atoms with Crippen LogP contribution >= 0.6 is 0 Å². The Labute approximate surface area is 142 Å². The monoisotopic (exact) mass is 325 g/mol. The summed E-state index contributed by atoms with van der Waals surface area (Å²) in [7, 11) is 0. The quantitative estimate of drug-likeness (QED) is 0.848. The van der Waals surface area contributed by atoms with Gasteiger partial charge in [0.2, 0.25) is 0 Å². The molecule has 0 spiro atoms.